The number of hydrogen-bond acceptors (Lipinski definition) is 6. The van der Waals surface area contributed by atoms with E-state index in [0.29, 0.717) is 0 Å². The predicted octanol–water partition coefficient (Wildman–Crippen LogP) is -0.591. The molecule has 1 saturated heterocycles. The van der Waals surface area contributed by atoms with Crippen molar-refractivity contribution in [3.63, 3.8) is 0 Å². The van der Waals surface area contributed by atoms with Crippen LogP contribution in [0.3, 0.4) is 0 Å². The van der Waals surface area contributed by atoms with E-state index in [9.17, 15) is 19.2 Å². The van der Waals surface area contributed by atoms with Gasteiger partial charge in [0.25, 0.3) is 0 Å². The maximum absolute atomic E-state index is 12.1. The number of primary amides is 1. The van der Waals surface area contributed by atoms with Gasteiger partial charge in [-0.2, -0.15) is 0 Å². The van der Waals surface area contributed by atoms with Crippen molar-refractivity contribution in [3.05, 3.63) is 0 Å². The summed E-state index contributed by atoms with van der Waals surface area (Å²) in [5.74, 6) is -2.61. The SMILES string of the molecule is CC(=O)NC(C)C(=O)NC(C)[P+]1(CC(C)C(=O)NC(C)C(N)=O)OO1. The van der Waals surface area contributed by atoms with Crippen LogP contribution >= 0.6 is 7.72 Å². The van der Waals surface area contributed by atoms with Gasteiger partial charge in [0.15, 0.2) is 5.78 Å². The zero-order valence-corrected chi connectivity index (χ0v) is 15.9. The molecular weight excluding hydrogens is 351 g/mol. The predicted molar refractivity (Wildman–Crippen MR) is 90.8 cm³/mol. The van der Waals surface area contributed by atoms with E-state index in [1.807, 2.05) is 0 Å². The molecule has 5 N–H and O–H groups in total. The molecule has 11 heteroatoms. The lowest BCUT2D eigenvalue weighted by atomic mass is 10.2. The van der Waals surface area contributed by atoms with Crippen molar-refractivity contribution in [2.75, 3.05) is 6.16 Å². The quantitative estimate of drug-likeness (QED) is 0.239. The molecule has 4 unspecified atom stereocenters. The van der Waals surface area contributed by atoms with Crippen LogP contribution in [-0.2, 0) is 28.5 Å². The number of carbonyl (C=O) groups excluding carboxylic acids is 4. The van der Waals surface area contributed by atoms with Crippen LogP contribution in [0.25, 0.3) is 0 Å². The third-order valence-electron chi connectivity index (χ3n) is 3.78. The first kappa shape index (κ1) is 21.3. The molecule has 0 bridgehead atoms. The maximum atomic E-state index is 12.1. The first-order valence-corrected chi connectivity index (χ1v) is 9.79. The van der Waals surface area contributed by atoms with Crippen LogP contribution in [0.15, 0.2) is 0 Å². The monoisotopic (exact) mass is 377 g/mol. The van der Waals surface area contributed by atoms with Gasteiger partial charge in [-0.15, -0.1) is 0 Å². The van der Waals surface area contributed by atoms with Gasteiger partial charge in [0.2, 0.25) is 23.6 Å². The first-order valence-electron chi connectivity index (χ1n) is 7.91. The zero-order chi connectivity index (χ0) is 19.4. The lowest BCUT2D eigenvalue weighted by Crippen LogP contribution is -2.47. The summed E-state index contributed by atoms with van der Waals surface area (Å²) < 4.78 is 10.3. The topological polar surface area (TPSA) is 155 Å². The highest BCUT2D eigenvalue weighted by Crippen LogP contribution is 2.79. The molecule has 25 heavy (non-hydrogen) atoms. The molecule has 10 nitrogen and oxygen atoms in total. The van der Waals surface area contributed by atoms with Crippen molar-refractivity contribution in [3.8, 4) is 0 Å². The minimum atomic E-state index is -2.41. The molecule has 0 spiro atoms. The normalized spacial score (nSPS) is 19.7. The van der Waals surface area contributed by atoms with E-state index in [1.54, 1.807) is 20.8 Å². The second-order valence-electron chi connectivity index (χ2n) is 6.20. The summed E-state index contributed by atoms with van der Waals surface area (Å²) in [5.41, 5.74) is 5.12. The summed E-state index contributed by atoms with van der Waals surface area (Å²) in [7, 11) is -2.41. The molecular formula is C14H26N4O6P+. The highest BCUT2D eigenvalue weighted by atomic mass is 31.2. The third-order valence-corrected chi connectivity index (χ3v) is 6.68. The van der Waals surface area contributed by atoms with Gasteiger partial charge in [0.1, 0.15) is 18.2 Å². The Kier molecular flexibility index (Phi) is 7.28. The van der Waals surface area contributed by atoms with Crippen LogP contribution in [0.2, 0.25) is 0 Å². The molecule has 0 aromatic carbocycles. The molecule has 0 saturated carbocycles. The minimum Gasteiger partial charge on any atom is -0.368 e. The number of amides is 4. The van der Waals surface area contributed by atoms with Gasteiger partial charge in [-0.25, -0.2) is 0 Å². The van der Waals surface area contributed by atoms with Crippen molar-refractivity contribution in [2.24, 2.45) is 11.7 Å². The molecule has 0 radical (unpaired) electrons. The Hall–Kier alpha value is -1.77. The average molecular weight is 377 g/mol. The van der Waals surface area contributed by atoms with Crippen LogP contribution < -0.4 is 21.7 Å². The molecule has 0 aromatic rings. The summed E-state index contributed by atoms with van der Waals surface area (Å²) >= 11 is 0. The lowest BCUT2D eigenvalue weighted by molar-refractivity contribution is -0.128. The van der Waals surface area contributed by atoms with Gasteiger partial charge >= 0.3 is 7.72 Å². The fourth-order valence-corrected chi connectivity index (χ4v) is 4.37. The van der Waals surface area contributed by atoms with Gasteiger partial charge in [-0.1, -0.05) is 0 Å². The largest absolute Gasteiger partial charge is 0.389 e. The van der Waals surface area contributed by atoms with Gasteiger partial charge in [0.05, 0.1) is 5.92 Å². The Balaban J connectivity index is 2.57. The molecule has 1 heterocycles. The van der Waals surface area contributed by atoms with Crippen molar-refractivity contribution in [1.82, 2.24) is 16.0 Å². The van der Waals surface area contributed by atoms with Gasteiger partial charge in [-0.05, 0) is 37.0 Å². The molecule has 1 aliphatic rings. The Morgan fingerprint density at radius 2 is 1.48 bits per heavy atom. The van der Waals surface area contributed by atoms with Gasteiger partial charge < -0.3 is 21.7 Å². The van der Waals surface area contributed by atoms with Crippen LogP contribution in [0.4, 0.5) is 0 Å². The third kappa shape index (κ3) is 6.22. The first-order chi connectivity index (χ1) is 11.5. The Bertz CT molecular complexity index is 553. The zero-order valence-electron chi connectivity index (χ0n) is 15.0. The highest BCUT2D eigenvalue weighted by molar-refractivity contribution is 7.71. The van der Waals surface area contributed by atoms with E-state index < -0.39 is 37.4 Å². The fraction of sp³-hybridized carbons (Fsp3) is 0.714. The van der Waals surface area contributed by atoms with E-state index >= 15 is 0 Å². The molecule has 1 aliphatic heterocycles. The van der Waals surface area contributed by atoms with Crippen LogP contribution in [0, 0.1) is 5.92 Å². The number of carbonyl (C=O) groups is 4. The summed E-state index contributed by atoms with van der Waals surface area (Å²) in [6, 6.07) is -1.47. The van der Waals surface area contributed by atoms with Gasteiger partial charge in [0, 0.05) is 6.92 Å². The summed E-state index contributed by atoms with van der Waals surface area (Å²) in [6.45, 7) is 7.76. The lowest BCUT2D eigenvalue weighted by Gasteiger charge is -2.17. The maximum Gasteiger partial charge on any atom is 0.389 e. The van der Waals surface area contributed by atoms with Crippen molar-refractivity contribution in [2.45, 2.75) is 52.5 Å². The van der Waals surface area contributed by atoms with E-state index in [1.165, 1.54) is 13.8 Å². The molecule has 1 rings (SSSR count). The summed E-state index contributed by atoms with van der Waals surface area (Å²) in [6.07, 6.45) is 0.278. The van der Waals surface area contributed by atoms with Crippen molar-refractivity contribution >= 4 is 31.3 Å². The molecule has 142 valence electrons. The van der Waals surface area contributed by atoms with E-state index in [2.05, 4.69) is 16.0 Å². The van der Waals surface area contributed by atoms with E-state index in [-0.39, 0.29) is 23.9 Å². The minimum absolute atomic E-state index is 0.278. The van der Waals surface area contributed by atoms with Crippen molar-refractivity contribution < 1.29 is 28.5 Å². The smallest absolute Gasteiger partial charge is 0.368 e. The average Bonchev–Trinajstić information content (AvgIpc) is 3.26. The second-order valence-corrected chi connectivity index (χ2v) is 9.09. The molecule has 1 fully saturated rings. The Morgan fingerprint density at radius 3 is 1.92 bits per heavy atom. The van der Waals surface area contributed by atoms with Crippen LogP contribution in [0.1, 0.15) is 34.6 Å². The number of nitrogens with one attached hydrogen (secondary N) is 3. The molecule has 0 aliphatic carbocycles. The highest BCUT2D eigenvalue weighted by Gasteiger charge is 2.68. The Labute approximate surface area is 147 Å². The Morgan fingerprint density at radius 1 is 0.920 bits per heavy atom. The van der Waals surface area contributed by atoms with Crippen LogP contribution in [-0.4, -0.2) is 47.7 Å². The summed E-state index contributed by atoms with van der Waals surface area (Å²) in [5, 5.41) is 7.72. The standard InChI is InChI=1S/C14H25N4O6P/c1-7(13(21)17-8(2)12(15)20)6-25(23-24-25)11(5)18-14(22)9(3)16-10(4)19/h7-9,11H,6H2,1-5H3,(H4-,15,16,17,18,19,20,21,22)/p+1. The second kappa shape index (κ2) is 8.55. The summed E-state index contributed by atoms with van der Waals surface area (Å²) in [4.78, 5) is 46.2. The number of nitrogens with two attached hydrogens (primary N) is 1. The molecule has 4 atom stereocenters. The molecule has 0 aromatic heterocycles. The number of hydrogen-bond donors (Lipinski definition) is 4. The van der Waals surface area contributed by atoms with Crippen LogP contribution in [0.5, 0.6) is 0 Å². The van der Waals surface area contributed by atoms with Gasteiger partial charge in [-0.3, -0.25) is 19.2 Å². The van der Waals surface area contributed by atoms with Crippen molar-refractivity contribution in [1.29, 1.82) is 0 Å². The number of rotatable bonds is 9. The van der Waals surface area contributed by atoms with E-state index in [0.717, 1.165) is 0 Å². The fourth-order valence-electron chi connectivity index (χ4n) is 2.08. The van der Waals surface area contributed by atoms with E-state index in [4.69, 9.17) is 15.1 Å². The molecule has 4 amide bonds.